The van der Waals surface area contributed by atoms with Gasteiger partial charge in [-0.25, -0.2) is 9.59 Å². The predicted molar refractivity (Wildman–Crippen MR) is 172 cm³/mol. The number of pyridine rings is 2. The highest BCUT2D eigenvalue weighted by atomic mass is 35.5. The lowest BCUT2D eigenvalue weighted by molar-refractivity contribution is 0.0592. The van der Waals surface area contributed by atoms with Gasteiger partial charge in [-0.05, 0) is 102 Å². The van der Waals surface area contributed by atoms with Crippen LogP contribution in [0, 0.1) is 23.7 Å². The fourth-order valence-electron chi connectivity index (χ4n) is 3.04. The Morgan fingerprint density at radius 2 is 1.14 bits per heavy atom. The molecule has 10 heteroatoms. The van der Waals surface area contributed by atoms with Crippen molar-refractivity contribution in [3.63, 3.8) is 0 Å². The monoisotopic (exact) mass is 606 g/mol. The molecule has 2 heterocycles. The molecule has 2 N–H and O–H groups in total. The lowest BCUT2D eigenvalue weighted by Gasteiger charge is -1.97. The molecule has 0 unspecified atom stereocenters. The van der Waals surface area contributed by atoms with Crippen LogP contribution in [0.2, 0.25) is 0 Å². The molecule has 2 aromatic heterocycles. The van der Waals surface area contributed by atoms with E-state index in [2.05, 4.69) is 43.1 Å². The standard InChI is InChI=1S/C17H13NO2.C12H9ClO2.C5H6BNO2/c1-20-17(19)16-8-6-14(7-9-16)4-2-3-5-15-10-12-18-13-11-15;1-15-12(14)11-7-5-10(6-8-11)4-2-3-9-13;8-6(9)5-1-3-7-4-2-5/h3,5-13H,1H3;3,5-9H,1H3;1-4,8-9H/b5-3+;9-3+;. The molecule has 0 aliphatic heterocycles. The zero-order chi connectivity index (χ0) is 32.0. The van der Waals surface area contributed by atoms with E-state index in [4.69, 9.17) is 21.6 Å². The molecule has 0 amide bonds. The van der Waals surface area contributed by atoms with Gasteiger partial charge in [0.15, 0.2) is 0 Å². The Bertz CT molecular complexity index is 1640. The fraction of sp³-hybridized carbons (Fsp3) is 0.0588. The lowest BCUT2D eigenvalue weighted by Crippen LogP contribution is -2.29. The van der Waals surface area contributed by atoms with Crippen LogP contribution in [0.4, 0.5) is 0 Å². The Kier molecular flexibility index (Phi) is 16.1. The Morgan fingerprint density at radius 3 is 1.52 bits per heavy atom. The molecule has 0 spiro atoms. The van der Waals surface area contributed by atoms with Crippen LogP contribution in [-0.2, 0) is 9.47 Å². The first-order chi connectivity index (χ1) is 21.4. The number of hydrogen-bond donors (Lipinski definition) is 2. The second kappa shape index (κ2) is 20.4. The van der Waals surface area contributed by atoms with Gasteiger partial charge in [0.25, 0.3) is 0 Å². The van der Waals surface area contributed by atoms with Gasteiger partial charge in [-0.1, -0.05) is 35.3 Å². The first-order valence-corrected chi connectivity index (χ1v) is 13.3. The summed E-state index contributed by atoms with van der Waals surface area (Å²) in [6, 6.07) is 20.7. The lowest BCUT2D eigenvalue weighted by atomic mass is 9.81. The van der Waals surface area contributed by atoms with Crippen molar-refractivity contribution in [1.29, 1.82) is 0 Å². The summed E-state index contributed by atoms with van der Waals surface area (Å²) in [6.07, 6.45) is 11.7. The summed E-state index contributed by atoms with van der Waals surface area (Å²) in [5.74, 6) is 10.8. The zero-order valence-corrected chi connectivity index (χ0v) is 24.7. The van der Waals surface area contributed by atoms with Gasteiger partial charge in [0.2, 0.25) is 0 Å². The molecule has 44 heavy (non-hydrogen) atoms. The highest BCUT2D eigenvalue weighted by Gasteiger charge is 2.08. The number of nitrogens with zero attached hydrogens (tertiary/aromatic N) is 2. The van der Waals surface area contributed by atoms with Gasteiger partial charge in [-0.3, -0.25) is 9.97 Å². The van der Waals surface area contributed by atoms with Gasteiger partial charge >= 0.3 is 19.1 Å². The minimum Gasteiger partial charge on any atom is -0.465 e. The molecule has 8 nitrogen and oxygen atoms in total. The van der Waals surface area contributed by atoms with E-state index < -0.39 is 7.12 Å². The van der Waals surface area contributed by atoms with Crippen LogP contribution in [0.15, 0.2) is 115 Å². The molecule has 4 rings (SSSR count). The largest absolute Gasteiger partial charge is 0.488 e. The quantitative estimate of drug-likeness (QED) is 0.201. The van der Waals surface area contributed by atoms with E-state index in [0.717, 1.165) is 16.7 Å². The van der Waals surface area contributed by atoms with Crippen LogP contribution in [0.25, 0.3) is 6.08 Å². The van der Waals surface area contributed by atoms with E-state index in [-0.39, 0.29) is 11.9 Å². The van der Waals surface area contributed by atoms with Crippen molar-refractivity contribution < 1.29 is 29.1 Å². The SMILES string of the molecule is COC(=O)c1ccc(C#C/C=C/Cl)cc1.COC(=O)c1ccc(C#C/C=C/c2ccncc2)cc1.OB(O)c1ccncc1. The zero-order valence-electron chi connectivity index (χ0n) is 23.9. The number of esters is 2. The van der Waals surface area contributed by atoms with Gasteiger partial charge in [0, 0.05) is 41.4 Å². The topological polar surface area (TPSA) is 119 Å². The minimum absolute atomic E-state index is 0.345. The van der Waals surface area contributed by atoms with Gasteiger partial charge in [-0.15, -0.1) is 0 Å². The molecule has 2 aromatic carbocycles. The van der Waals surface area contributed by atoms with E-state index >= 15 is 0 Å². The van der Waals surface area contributed by atoms with Crippen molar-refractivity contribution in [3.8, 4) is 23.7 Å². The average molecular weight is 607 g/mol. The van der Waals surface area contributed by atoms with E-state index in [1.807, 2.05) is 18.2 Å². The molecule has 4 aromatic rings. The summed E-state index contributed by atoms with van der Waals surface area (Å²) in [7, 11) is 1.33. The summed E-state index contributed by atoms with van der Waals surface area (Å²) in [5.41, 5.74) is 5.55. The normalized spacial score (nSPS) is 9.57. The number of benzene rings is 2. The van der Waals surface area contributed by atoms with E-state index in [1.165, 1.54) is 38.2 Å². The van der Waals surface area contributed by atoms with Crippen molar-refractivity contribution in [1.82, 2.24) is 9.97 Å². The smallest absolute Gasteiger partial charge is 0.465 e. The third-order valence-electron chi connectivity index (χ3n) is 5.26. The maximum Gasteiger partial charge on any atom is 0.488 e. The van der Waals surface area contributed by atoms with Crippen LogP contribution < -0.4 is 5.46 Å². The second-order valence-electron chi connectivity index (χ2n) is 8.24. The van der Waals surface area contributed by atoms with Crippen molar-refractivity contribution in [3.05, 3.63) is 143 Å². The molecular weight excluding hydrogens is 579 g/mol. The van der Waals surface area contributed by atoms with E-state index in [9.17, 15) is 9.59 Å². The number of allylic oxidation sites excluding steroid dienone is 2. The number of aromatic nitrogens is 2. The van der Waals surface area contributed by atoms with Crippen molar-refractivity contribution in [2.24, 2.45) is 0 Å². The maximum absolute atomic E-state index is 11.3. The minimum atomic E-state index is -1.38. The molecule has 0 saturated carbocycles. The molecule has 0 radical (unpaired) electrons. The van der Waals surface area contributed by atoms with Crippen molar-refractivity contribution in [2.75, 3.05) is 14.2 Å². The highest BCUT2D eigenvalue weighted by Crippen LogP contribution is 2.06. The maximum atomic E-state index is 11.3. The summed E-state index contributed by atoms with van der Waals surface area (Å²) in [5, 5.41) is 17.1. The van der Waals surface area contributed by atoms with Crippen molar-refractivity contribution >= 4 is 42.2 Å². The molecule has 0 bridgehead atoms. The van der Waals surface area contributed by atoms with Crippen LogP contribution in [0.3, 0.4) is 0 Å². The highest BCUT2D eigenvalue weighted by molar-refractivity contribution is 6.58. The molecule has 220 valence electrons. The van der Waals surface area contributed by atoms with Gasteiger partial charge in [-0.2, -0.15) is 0 Å². The summed E-state index contributed by atoms with van der Waals surface area (Å²) in [4.78, 5) is 30.0. The molecule has 0 atom stereocenters. The fourth-order valence-corrected chi connectivity index (χ4v) is 3.11. The van der Waals surface area contributed by atoms with Crippen LogP contribution in [-0.4, -0.2) is 53.3 Å². The van der Waals surface area contributed by atoms with Crippen LogP contribution in [0.5, 0.6) is 0 Å². The predicted octanol–water partition coefficient (Wildman–Crippen LogP) is 4.27. The van der Waals surface area contributed by atoms with E-state index in [1.54, 1.807) is 79.1 Å². The Labute approximate surface area is 261 Å². The van der Waals surface area contributed by atoms with Gasteiger partial charge in [0.1, 0.15) is 0 Å². The number of carbonyl (C=O) groups excluding carboxylic acids is 2. The Balaban J connectivity index is 0.000000247. The molecule has 0 aliphatic rings. The number of carbonyl (C=O) groups is 2. The molecular formula is C34H28BClN2O6. The summed E-state index contributed by atoms with van der Waals surface area (Å²) >= 11 is 5.31. The first kappa shape index (κ1) is 34.8. The Hall–Kier alpha value is -5.45. The number of ether oxygens (including phenoxy) is 2. The van der Waals surface area contributed by atoms with Gasteiger partial charge < -0.3 is 19.5 Å². The van der Waals surface area contributed by atoms with Gasteiger partial charge in [0.05, 0.1) is 25.3 Å². The Morgan fingerprint density at radius 1 is 0.705 bits per heavy atom. The number of hydrogen-bond acceptors (Lipinski definition) is 8. The molecule has 0 aliphatic carbocycles. The summed E-state index contributed by atoms with van der Waals surface area (Å²) < 4.78 is 9.20. The second-order valence-corrected chi connectivity index (χ2v) is 8.49. The molecule has 0 saturated heterocycles. The summed E-state index contributed by atoms with van der Waals surface area (Å²) in [6.45, 7) is 0. The van der Waals surface area contributed by atoms with E-state index in [0.29, 0.717) is 16.6 Å². The molecule has 0 fully saturated rings. The third-order valence-corrected chi connectivity index (χ3v) is 5.39. The number of methoxy groups -OCH3 is 2. The number of halogens is 1. The van der Waals surface area contributed by atoms with Crippen LogP contribution >= 0.6 is 11.6 Å². The third kappa shape index (κ3) is 13.5. The first-order valence-electron chi connectivity index (χ1n) is 12.9. The van der Waals surface area contributed by atoms with Crippen LogP contribution in [0.1, 0.15) is 37.4 Å². The van der Waals surface area contributed by atoms with Crippen molar-refractivity contribution in [2.45, 2.75) is 0 Å². The number of rotatable bonds is 4. The average Bonchev–Trinajstić information content (AvgIpc) is 3.08.